The minimum absolute atomic E-state index is 0.118. The summed E-state index contributed by atoms with van der Waals surface area (Å²) in [6, 6.07) is 5.26. The van der Waals surface area contributed by atoms with Gasteiger partial charge in [0, 0.05) is 16.9 Å². The lowest BCUT2D eigenvalue weighted by Crippen LogP contribution is -2.15. The van der Waals surface area contributed by atoms with Crippen molar-refractivity contribution in [3.8, 4) is 0 Å². The standard InChI is InChI=1S/C12H8Br2N2O4S/c13-8-2-1-7(12(17)18)5-11(8)21(19,20)16-10-3-4-15-6-9(10)14/h1-6H,(H,15,16)(H,17,18). The number of carboxylic acids is 1. The van der Waals surface area contributed by atoms with Gasteiger partial charge in [0.05, 0.1) is 15.7 Å². The molecule has 0 spiro atoms. The molecule has 2 aromatic rings. The zero-order valence-corrected chi connectivity index (χ0v) is 14.2. The minimum atomic E-state index is -3.94. The lowest BCUT2D eigenvalue weighted by molar-refractivity contribution is 0.0696. The average molecular weight is 436 g/mol. The van der Waals surface area contributed by atoms with Crippen LogP contribution >= 0.6 is 31.9 Å². The highest BCUT2D eigenvalue weighted by molar-refractivity contribution is 9.11. The van der Waals surface area contributed by atoms with Gasteiger partial charge in [0.15, 0.2) is 0 Å². The number of hydrogen-bond acceptors (Lipinski definition) is 4. The maximum atomic E-state index is 12.4. The number of anilines is 1. The average Bonchev–Trinajstić information content (AvgIpc) is 2.41. The number of nitrogens with zero attached hydrogens (tertiary/aromatic N) is 1. The monoisotopic (exact) mass is 434 g/mol. The quantitative estimate of drug-likeness (QED) is 0.768. The summed E-state index contributed by atoms with van der Waals surface area (Å²) < 4.78 is 27.9. The molecule has 1 aromatic carbocycles. The summed E-state index contributed by atoms with van der Waals surface area (Å²) in [7, 11) is -3.94. The summed E-state index contributed by atoms with van der Waals surface area (Å²) in [4.78, 5) is 14.6. The number of rotatable bonds is 4. The Kier molecular flexibility index (Phi) is 4.64. The molecule has 6 nitrogen and oxygen atoms in total. The predicted octanol–water partition coefficient (Wildman–Crippen LogP) is 3.11. The van der Waals surface area contributed by atoms with Crippen LogP contribution in [0.15, 0.2) is 50.5 Å². The molecule has 0 aliphatic heterocycles. The molecule has 1 heterocycles. The van der Waals surface area contributed by atoms with Gasteiger partial charge >= 0.3 is 5.97 Å². The molecule has 0 saturated carbocycles. The van der Waals surface area contributed by atoms with Gasteiger partial charge in [0.25, 0.3) is 10.0 Å². The Morgan fingerprint density at radius 1 is 1.19 bits per heavy atom. The van der Waals surface area contributed by atoms with Crippen LogP contribution in [0.25, 0.3) is 0 Å². The molecule has 0 radical (unpaired) electrons. The van der Waals surface area contributed by atoms with Crippen molar-refractivity contribution in [1.29, 1.82) is 0 Å². The number of aromatic nitrogens is 1. The van der Waals surface area contributed by atoms with E-state index in [-0.39, 0.29) is 14.9 Å². The smallest absolute Gasteiger partial charge is 0.335 e. The third-order valence-corrected chi connectivity index (χ3v) is 5.48. The Morgan fingerprint density at radius 3 is 2.52 bits per heavy atom. The van der Waals surface area contributed by atoms with Crippen LogP contribution in [0.2, 0.25) is 0 Å². The molecule has 0 fully saturated rings. The fraction of sp³-hybridized carbons (Fsp3) is 0. The molecule has 2 rings (SSSR count). The Balaban J connectivity index is 2.47. The van der Waals surface area contributed by atoms with Crippen molar-refractivity contribution >= 4 is 53.5 Å². The first-order valence-corrected chi connectivity index (χ1v) is 8.53. The van der Waals surface area contributed by atoms with Crippen LogP contribution in [0.1, 0.15) is 10.4 Å². The molecule has 2 N–H and O–H groups in total. The van der Waals surface area contributed by atoms with Crippen molar-refractivity contribution in [2.45, 2.75) is 4.90 Å². The Labute approximate surface area is 137 Å². The number of benzene rings is 1. The van der Waals surface area contributed by atoms with Crippen molar-refractivity contribution in [2.75, 3.05) is 4.72 Å². The number of aromatic carboxylic acids is 1. The maximum Gasteiger partial charge on any atom is 0.335 e. The molecule has 110 valence electrons. The lowest BCUT2D eigenvalue weighted by atomic mass is 10.2. The molecular formula is C12H8Br2N2O4S. The van der Waals surface area contributed by atoms with E-state index in [0.717, 1.165) is 6.07 Å². The highest BCUT2D eigenvalue weighted by Gasteiger charge is 2.20. The lowest BCUT2D eigenvalue weighted by Gasteiger charge is -2.11. The number of pyridine rings is 1. The second-order valence-electron chi connectivity index (χ2n) is 3.91. The van der Waals surface area contributed by atoms with E-state index in [4.69, 9.17) is 5.11 Å². The second kappa shape index (κ2) is 6.12. The molecule has 0 atom stereocenters. The van der Waals surface area contributed by atoms with E-state index in [1.54, 1.807) is 0 Å². The fourth-order valence-corrected chi connectivity index (χ4v) is 4.05. The van der Waals surface area contributed by atoms with Crippen molar-refractivity contribution < 1.29 is 18.3 Å². The summed E-state index contributed by atoms with van der Waals surface area (Å²) in [5, 5.41) is 8.95. The number of halogens is 2. The normalized spacial score (nSPS) is 11.1. The molecule has 0 unspecified atom stereocenters. The van der Waals surface area contributed by atoms with Crippen LogP contribution in [0.4, 0.5) is 5.69 Å². The van der Waals surface area contributed by atoms with E-state index < -0.39 is 16.0 Å². The van der Waals surface area contributed by atoms with Crippen LogP contribution in [-0.2, 0) is 10.0 Å². The SMILES string of the molecule is O=C(O)c1ccc(Br)c(S(=O)(=O)Nc2ccncc2Br)c1. The van der Waals surface area contributed by atoms with Crippen LogP contribution in [0.3, 0.4) is 0 Å². The number of sulfonamides is 1. The van der Waals surface area contributed by atoms with Gasteiger partial charge in [-0.15, -0.1) is 0 Å². The van der Waals surface area contributed by atoms with Gasteiger partial charge in [-0.3, -0.25) is 9.71 Å². The van der Waals surface area contributed by atoms with Crippen LogP contribution in [0.5, 0.6) is 0 Å². The van der Waals surface area contributed by atoms with E-state index in [9.17, 15) is 13.2 Å². The molecule has 0 bridgehead atoms. The van der Waals surface area contributed by atoms with Gasteiger partial charge in [-0.05, 0) is 56.1 Å². The zero-order chi connectivity index (χ0) is 15.6. The first-order valence-electron chi connectivity index (χ1n) is 5.46. The Bertz CT molecular complexity index is 809. The molecule has 0 saturated heterocycles. The molecule has 0 aliphatic rings. The molecule has 0 aliphatic carbocycles. The molecule has 21 heavy (non-hydrogen) atoms. The third-order valence-electron chi connectivity index (χ3n) is 2.48. The van der Waals surface area contributed by atoms with Crippen LogP contribution in [-0.4, -0.2) is 24.5 Å². The van der Waals surface area contributed by atoms with E-state index >= 15 is 0 Å². The minimum Gasteiger partial charge on any atom is -0.478 e. The summed E-state index contributed by atoms with van der Waals surface area (Å²) >= 11 is 6.29. The molecule has 0 amide bonds. The number of carbonyl (C=O) groups is 1. The molecular weight excluding hydrogens is 428 g/mol. The first kappa shape index (κ1) is 15.9. The van der Waals surface area contributed by atoms with Crippen molar-refractivity contribution in [2.24, 2.45) is 0 Å². The molecule has 9 heteroatoms. The highest BCUT2D eigenvalue weighted by atomic mass is 79.9. The van der Waals surface area contributed by atoms with Gasteiger partial charge in [0.2, 0.25) is 0 Å². The van der Waals surface area contributed by atoms with E-state index in [2.05, 4.69) is 41.6 Å². The van der Waals surface area contributed by atoms with Gasteiger partial charge in [-0.25, -0.2) is 13.2 Å². The third kappa shape index (κ3) is 3.60. The van der Waals surface area contributed by atoms with Crippen LogP contribution in [0, 0.1) is 0 Å². The van der Waals surface area contributed by atoms with Gasteiger partial charge < -0.3 is 5.11 Å². The van der Waals surface area contributed by atoms with Crippen molar-refractivity contribution in [1.82, 2.24) is 4.98 Å². The van der Waals surface area contributed by atoms with Crippen molar-refractivity contribution in [3.63, 3.8) is 0 Å². The van der Waals surface area contributed by atoms with E-state index in [1.165, 1.54) is 30.6 Å². The first-order chi connectivity index (χ1) is 9.81. The number of hydrogen-bond donors (Lipinski definition) is 2. The Hall–Kier alpha value is -1.45. The van der Waals surface area contributed by atoms with E-state index in [0.29, 0.717) is 10.2 Å². The largest absolute Gasteiger partial charge is 0.478 e. The number of nitrogens with one attached hydrogen (secondary N) is 1. The fourth-order valence-electron chi connectivity index (χ4n) is 1.50. The maximum absolute atomic E-state index is 12.4. The van der Waals surface area contributed by atoms with Gasteiger partial charge in [-0.2, -0.15) is 0 Å². The van der Waals surface area contributed by atoms with Crippen molar-refractivity contribution in [3.05, 3.63) is 51.2 Å². The predicted molar refractivity (Wildman–Crippen MR) is 83.8 cm³/mol. The Morgan fingerprint density at radius 2 is 1.90 bits per heavy atom. The summed E-state index contributed by atoms with van der Waals surface area (Å²) in [5.74, 6) is -1.20. The summed E-state index contributed by atoms with van der Waals surface area (Å²) in [6.45, 7) is 0. The topological polar surface area (TPSA) is 96.4 Å². The van der Waals surface area contributed by atoms with Gasteiger partial charge in [0.1, 0.15) is 4.90 Å². The van der Waals surface area contributed by atoms with E-state index in [1.807, 2.05) is 0 Å². The summed E-state index contributed by atoms with van der Waals surface area (Å²) in [6.07, 6.45) is 2.88. The zero-order valence-electron chi connectivity index (χ0n) is 10.2. The second-order valence-corrected chi connectivity index (χ2v) is 7.27. The van der Waals surface area contributed by atoms with Crippen LogP contribution < -0.4 is 4.72 Å². The van der Waals surface area contributed by atoms with Gasteiger partial charge in [-0.1, -0.05) is 0 Å². The highest BCUT2D eigenvalue weighted by Crippen LogP contribution is 2.28. The number of carboxylic acid groups (broad SMARTS) is 1. The molecule has 1 aromatic heterocycles. The summed E-state index contributed by atoms with van der Waals surface area (Å²) in [5.41, 5.74) is 0.185.